The Morgan fingerprint density at radius 1 is 1.06 bits per heavy atom. The molecule has 1 heterocycles. The van der Waals surface area contributed by atoms with E-state index in [0.29, 0.717) is 22.8 Å². The highest BCUT2D eigenvalue weighted by Gasteiger charge is 2.44. The van der Waals surface area contributed by atoms with Crippen LogP contribution in [0, 0.1) is 5.82 Å². The summed E-state index contributed by atoms with van der Waals surface area (Å²) in [4.78, 5) is 12.2. The van der Waals surface area contributed by atoms with Crippen LogP contribution >= 0.6 is 0 Å². The van der Waals surface area contributed by atoms with Crippen LogP contribution in [0.4, 0.5) is 4.39 Å². The van der Waals surface area contributed by atoms with Gasteiger partial charge in [-0.25, -0.2) is 12.8 Å². The quantitative estimate of drug-likeness (QED) is 0.568. The van der Waals surface area contributed by atoms with E-state index in [4.69, 9.17) is 18.9 Å². The second kappa shape index (κ2) is 9.11. The van der Waals surface area contributed by atoms with Gasteiger partial charge in [-0.1, -0.05) is 0 Å². The fourth-order valence-electron chi connectivity index (χ4n) is 3.65. The smallest absolute Gasteiger partial charge is 0.307 e. The molecule has 0 bridgehead atoms. The molecule has 0 amide bonds. The Morgan fingerprint density at radius 3 is 2.26 bits per heavy atom. The number of hydrogen-bond donors (Lipinski definition) is 0. The van der Waals surface area contributed by atoms with Gasteiger partial charge in [0.1, 0.15) is 5.82 Å². The molecule has 0 saturated carbocycles. The van der Waals surface area contributed by atoms with E-state index in [1.165, 1.54) is 27.4 Å². The third-order valence-corrected chi connectivity index (χ3v) is 6.92. The molecule has 31 heavy (non-hydrogen) atoms. The van der Waals surface area contributed by atoms with Crippen molar-refractivity contribution >= 4 is 16.0 Å². The summed E-state index contributed by atoms with van der Waals surface area (Å²) >= 11 is 0. The van der Waals surface area contributed by atoms with E-state index in [1.807, 2.05) is 0 Å². The monoisotopic (exact) mass is 453 g/mol. The summed E-state index contributed by atoms with van der Waals surface area (Å²) in [6.07, 6.45) is -0.242. The molecule has 2 aromatic carbocycles. The molecule has 0 unspecified atom stereocenters. The topological polar surface area (TPSA) is 91.4 Å². The molecule has 2 aromatic rings. The molecule has 0 radical (unpaired) electrons. The van der Waals surface area contributed by atoms with Crippen molar-refractivity contribution in [2.45, 2.75) is 30.8 Å². The van der Waals surface area contributed by atoms with Crippen molar-refractivity contribution in [2.75, 3.05) is 27.9 Å². The number of fused-ring (bicyclic) bond motifs is 1. The van der Waals surface area contributed by atoms with Crippen molar-refractivity contribution in [3.05, 3.63) is 47.3 Å². The molecule has 0 aliphatic carbocycles. The first-order valence-corrected chi connectivity index (χ1v) is 11.0. The van der Waals surface area contributed by atoms with E-state index < -0.39 is 27.9 Å². The van der Waals surface area contributed by atoms with Gasteiger partial charge in [0.25, 0.3) is 0 Å². The molecule has 0 N–H and O–H groups in total. The molecule has 1 aliphatic rings. The number of ether oxygens (including phenoxy) is 4. The van der Waals surface area contributed by atoms with E-state index in [1.54, 1.807) is 19.1 Å². The Morgan fingerprint density at radius 2 is 1.71 bits per heavy atom. The highest BCUT2D eigenvalue weighted by atomic mass is 32.2. The minimum Gasteiger partial charge on any atom is -0.493 e. The van der Waals surface area contributed by atoms with Crippen LogP contribution in [0.1, 0.15) is 30.5 Å². The van der Waals surface area contributed by atoms with Crippen LogP contribution in [-0.2, 0) is 26.1 Å². The number of methoxy groups -OCH3 is 3. The number of nitrogens with zero attached hydrogens (tertiary/aromatic N) is 1. The summed E-state index contributed by atoms with van der Waals surface area (Å²) in [5.41, 5.74) is 0.765. The summed E-state index contributed by atoms with van der Waals surface area (Å²) < 4.78 is 62.6. The SMILES string of the molecule is CCOC(=O)C[C@H]1c2cc(F)ccc2S(=O)(=O)N1Cc1cc(OC)c(OC)c(OC)c1. The van der Waals surface area contributed by atoms with Crippen molar-refractivity contribution in [1.29, 1.82) is 0 Å². The van der Waals surface area contributed by atoms with E-state index in [0.717, 1.165) is 16.4 Å². The van der Waals surface area contributed by atoms with Gasteiger partial charge in [0, 0.05) is 6.54 Å². The second-order valence-corrected chi connectivity index (χ2v) is 8.65. The zero-order valence-corrected chi connectivity index (χ0v) is 18.5. The van der Waals surface area contributed by atoms with Gasteiger partial charge in [-0.05, 0) is 48.4 Å². The minimum atomic E-state index is -3.98. The summed E-state index contributed by atoms with van der Waals surface area (Å²) in [5, 5.41) is 0. The number of halogens is 1. The minimum absolute atomic E-state index is 0.0318. The standard InChI is InChI=1S/C21H24FNO7S/c1-5-30-20(24)11-16-15-10-14(22)6-7-19(15)31(25,26)23(16)12-13-8-17(27-2)21(29-4)18(9-13)28-3/h6-10,16H,5,11-12H2,1-4H3/t16-/m0/s1. The van der Waals surface area contributed by atoms with Gasteiger partial charge < -0.3 is 18.9 Å². The molecule has 1 aliphatic heterocycles. The summed E-state index contributed by atoms with van der Waals surface area (Å²) in [5.74, 6) is -0.0727. The van der Waals surface area contributed by atoms with Crippen molar-refractivity contribution < 1.29 is 36.6 Å². The molecule has 168 valence electrons. The van der Waals surface area contributed by atoms with Crippen molar-refractivity contribution in [2.24, 2.45) is 0 Å². The molecule has 10 heteroatoms. The lowest BCUT2D eigenvalue weighted by atomic mass is 10.0. The zero-order chi connectivity index (χ0) is 22.8. The molecule has 3 rings (SSSR count). The van der Waals surface area contributed by atoms with E-state index in [2.05, 4.69) is 0 Å². The summed E-state index contributed by atoms with van der Waals surface area (Å²) in [7, 11) is 0.392. The predicted octanol–water partition coefficient (Wildman–Crippen LogP) is 3.05. The maximum atomic E-state index is 13.9. The number of hydrogen-bond acceptors (Lipinski definition) is 7. The van der Waals surface area contributed by atoms with Crippen LogP contribution in [0.5, 0.6) is 17.2 Å². The number of carbonyl (C=O) groups excluding carboxylic acids is 1. The molecule has 0 fully saturated rings. The van der Waals surface area contributed by atoms with Crippen LogP contribution in [0.3, 0.4) is 0 Å². The molecular formula is C21H24FNO7S. The number of sulfonamides is 1. The van der Waals surface area contributed by atoms with Crippen molar-refractivity contribution in [3.8, 4) is 17.2 Å². The van der Waals surface area contributed by atoms with Crippen LogP contribution in [0.15, 0.2) is 35.2 Å². The Kier molecular flexibility index (Phi) is 6.71. The first-order valence-electron chi connectivity index (χ1n) is 9.52. The third-order valence-electron chi connectivity index (χ3n) is 4.99. The highest BCUT2D eigenvalue weighted by Crippen LogP contribution is 2.44. The van der Waals surface area contributed by atoms with Gasteiger partial charge >= 0.3 is 5.97 Å². The lowest BCUT2D eigenvalue weighted by Gasteiger charge is -2.24. The maximum Gasteiger partial charge on any atom is 0.307 e. The fourth-order valence-corrected chi connectivity index (χ4v) is 5.48. The van der Waals surface area contributed by atoms with Gasteiger partial charge in [-0.15, -0.1) is 0 Å². The Balaban J connectivity index is 2.07. The normalized spacial score (nSPS) is 17.1. The average Bonchev–Trinajstić information content (AvgIpc) is 2.93. The van der Waals surface area contributed by atoms with Gasteiger partial charge in [0.2, 0.25) is 15.8 Å². The molecule has 8 nitrogen and oxygen atoms in total. The molecule has 0 aromatic heterocycles. The van der Waals surface area contributed by atoms with Crippen LogP contribution in [0.25, 0.3) is 0 Å². The van der Waals surface area contributed by atoms with Gasteiger partial charge in [-0.2, -0.15) is 4.31 Å². The van der Waals surface area contributed by atoms with Gasteiger partial charge in [0.15, 0.2) is 11.5 Å². The Hall–Kier alpha value is -2.85. The Labute approximate surface area is 180 Å². The highest BCUT2D eigenvalue weighted by molar-refractivity contribution is 7.89. The molecule has 0 spiro atoms. The third kappa shape index (κ3) is 4.31. The van der Waals surface area contributed by atoms with Crippen LogP contribution in [0.2, 0.25) is 0 Å². The lowest BCUT2D eigenvalue weighted by Crippen LogP contribution is -2.29. The van der Waals surface area contributed by atoms with Gasteiger partial charge in [0.05, 0.1) is 45.3 Å². The van der Waals surface area contributed by atoms with Crippen molar-refractivity contribution in [3.63, 3.8) is 0 Å². The summed E-state index contributed by atoms with van der Waals surface area (Å²) in [6, 6.07) is 5.79. The first-order chi connectivity index (χ1) is 14.8. The number of benzene rings is 2. The first kappa shape index (κ1) is 22.8. The molecule has 1 atom stereocenters. The number of esters is 1. The van der Waals surface area contributed by atoms with E-state index in [-0.39, 0.29) is 30.0 Å². The Bertz CT molecular complexity index is 1060. The molecular weight excluding hydrogens is 429 g/mol. The fraction of sp³-hybridized carbons (Fsp3) is 0.381. The molecule has 0 saturated heterocycles. The van der Waals surface area contributed by atoms with E-state index >= 15 is 0 Å². The summed E-state index contributed by atoms with van der Waals surface area (Å²) in [6.45, 7) is 1.71. The van der Waals surface area contributed by atoms with Crippen LogP contribution < -0.4 is 14.2 Å². The predicted molar refractivity (Wildman–Crippen MR) is 109 cm³/mol. The van der Waals surface area contributed by atoms with E-state index in [9.17, 15) is 17.6 Å². The largest absolute Gasteiger partial charge is 0.493 e. The number of rotatable bonds is 8. The van der Waals surface area contributed by atoms with Crippen LogP contribution in [-0.4, -0.2) is 46.6 Å². The van der Waals surface area contributed by atoms with Gasteiger partial charge in [-0.3, -0.25) is 4.79 Å². The lowest BCUT2D eigenvalue weighted by molar-refractivity contribution is -0.144. The zero-order valence-electron chi connectivity index (χ0n) is 17.7. The maximum absolute atomic E-state index is 13.9. The number of carbonyl (C=O) groups is 1. The van der Waals surface area contributed by atoms with Crippen molar-refractivity contribution in [1.82, 2.24) is 4.31 Å². The second-order valence-electron chi connectivity index (χ2n) is 6.79. The average molecular weight is 453 g/mol.